The topological polar surface area (TPSA) is 53.4 Å². The summed E-state index contributed by atoms with van der Waals surface area (Å²) in [7, 11) is 0. The molecule has 17 heavy (non-hydrogen) atoms. The summed E-state index contributed by atoms with van der Waals surface area (Å²) in [5, 5.41) is 9.63. The van der Waals surface area contributed by atoms with Gasteiger partial charge in [0.1, 0.15) is 5.75 Å². The lowest BCUT2D eigenvalue weighted by molar-refractivity contribution is 0.0745. The first kappa shape index (κ1) is 12.2. The molecule has 2 rings (SSSR count). The van der Waals surface area contributed by atoms with Gasteiger partial charge in [0.05, 0.1) is 11.8 Å². The molecule has 0 atom stereocenters. The van der Waals surface area contributed by atoms with Gasteiger partial charge in [0.25, 0.3) is 5.91 Å². The first-order chi connectivity index (χ1) is 7.99. The Morgan fingerprint density at radius 1 is 1.59 bits per heavy atom. The Bertz CT molecular complexity index is 434. The molecule has 1 amide bonds. The van der Waals surface area contributed by atoms with Crippen molar-refractivity contribution in [1.29, 1.82) is 0 Å². The molecule has 1 N–H and O–H groups in total. The maximum atomic E-state index is 12.2. The van der Waals surface area contributed by atoms with Gasteiger partial charge in [-0.05, 0) is 19.9 Å². The van der Waals surface area contributed by atoms with Gasteiger partial charge >= 0.3 is 0 Å². The molecule has 1 aromatic rings. The lowest BCUT2D eigenvalue weighted by Crippen LogP contribution is -2.46. The number of nitrogens with zero attached hydrogens (tertiary/aromatic N) is 2. The fourth-order valence-electron chi connectivity index (χ4n) is 1.93. The number of pyridine rings is 1. The fourth-order valence-corrected chi connectivity index (χ4v) is 3.04. The molecule has 1 aliphatic rings. The highest BCUT2D eigenvalue weighted by molar-refractivity contribution is 8.00. The number of aromatic hydroxyl groups is 1. The van der Waals surface area contributed by atoms with Gasteiger partial charge in [0, 0.05) is 29.8 Å². The molecular formula is C12H16N2O2S. The largest absolute Gasteiger partial charge is 0.505 e. The number of hydrogen-bond acceptors (Lipinski definition) is 4. The molecule has 0 saturated carbocycles. The van der Waals surface area contributed by atoms with E-state index in [-0.39, 0.29) is 16.4 Å². The summed E-state index contributed by atoms with van der Waals surface area (Å²) >= 11 is 1.87. The molecule has 0 aromatic carbocycles. The fraction of sp³-hybridized carbons (Fsp3) is 0.500. The van der Waals surface area contributed by atoms with Crippen LogP contribution < -0.4 is 0 Å². The van der Waals surface area contributed by atoms with Gasteiger partial charge in [-0.25, -0.2) is 0 Å². The van der Waals surface area contributed by atoms with Gasteiger partial charge in [-0.1, -0.05) is 0 Å². The predicted octanol–water partition coefficient (Wildman–Crippen LogP) is 1.75. The molecule has 5 heteroatoms. The highest BCUT2D eigenvalue weighted by Crippen LogP contribution is 2.30. The molecule has 0 unspecified atom stereocenters. The molecular weight excluding hydrogens is 236 g/mol. The molecule has 1 fully saturated rings. The van der Waals surface area contributed by atoms with Crippen molar-refractivity contribution in [3.63, 3.8) is 0 Å². The van der Waals surface area contributed by atoms with E-state index in [2.05, 4.69) is 18.8 Å². The van der Waals surface area contributed by atoms with Gasteiger partial charge in [-0.15, -0.1) is 0 Å². The summed E-state index contributed by atoms with van der Waals surface area (Å²) in [5.74, 6) is 0.775. The summed E-state index contributed by atoms with van der Waals surface area (Å²) < 4.78 is 0.0799. The summed E-state index contributed by atoms with van der Waals surface area (Å²) in [6.45, 7) is 5.69. The van der Waals surface area contributed by atoms with E-state index < -0.39 is 0 Å². The van der Waals surface area contributed by atoms with E-state index in [1.54, 1.807) is 11.0 Å². The number of carbonyl (C=O) groups excluding carboxylic acids is 1. The second-order valence-electron chi connectivity index (χ2n) is 4.73. The average molecular weight is 252 g/mol. The smallest absolute Gasteiger partial charge is 0.257 e. The van der Waals surface area contributed by atoms with Crippen LogP contribution in [0.25, 0.3) is 0 Å². The van der Waals surface area contributed by atoms with E-state index in [4.69, 9.17) is 0 Å². The number of rotatable bonds is 1. The maximum absolute atomic E-state index is 12.2. The molecule has 4 nitrogen and oxygen atoms in total. The van der Waals surface area contributed by atoms with Crippen molar-refractivity contribution in [1.82, 2.24) is 9.88 Å². The molecule has 0 aliphatic carbocycles. The summed E-state index contributed by atoms with van der Waals surface area (Å²) in [6, 6.07) is 1.56. The summed E-state index contributed by atoms with van der Waals surface area (Å²) in [5.41, 5.74) is 0.336. The number of aromatic nitrogens is 1. The normalized spacial score (nSPS) is 19.1. The molecule has 1 aromatic heterocycles. The molecule has 1 aliphatic heterocycles. The van der Waals surface area contributed by atoms with Gasteiger partial charge in [0.2, 0.25) is 0 Å². The number of hydrogen-bond donors (Lipinski definition) is 1. The molecule has 0 bridgehead atoms. The highest BCUT2D eigenvalue weighted by atomic mass is 32.2. The molecule has 92 valence electrons. The Hall–Kier alpha value is -1.23. The third kappa shape index (κ3) is 2.72. The van der Waals surface area contributed by atoms with Crippen LogP contribution in [0.2, 0.25) is 0 Å². The monoisotopic (exact) mass is 252 g/mol. The van der Waals surface area contributed by atoms with Crippen molar-refractivity contribution in [2.75, 3.05) is 18.8 Å². The number of thioether (sulfide) groups is 1. The molecule has 0 spiro atoms. The van der Waals surface area contributed by atoms with E-state index >= 15 is 0 Å². The van der Waals surface area contributed by atoms with E-state index in [1.165, 1.54) is 12.4 Å². The third-order valence-corrected chi connectivity index (χ3v) is 4.04. The van der Waals surface area contributed by atoms with Gasteiger partial charge in [-0.2, -0.15) is 11.8 Å². The first-order valence-corrected chi connectivity index (χ1v) is 6.54. The Morgan fingerprint density at radius 3 is 3.00 bits per heavy atom. The first-order valence-electron chi connectivity index (χ1n) is 5.56. The lowest BCUT2D eigenvalue weighted by atomic mass is 10.1. The van der Waals surface area contributed by atoms with E-state index in [1.807, 2.05) is 11.8 Å². The van der Waals surface area contributed by atoms with Gasteiger partial charge < -0.3 is 10.0 Å². The Morgan fingerprint density at radius 2 is 2.35 bits per heavy atom. The minimum atomic E-state index is -0.113. The summed E-state index contributed by atoms with van der Waals surface area (Å²) in [4.78, 5) is 17.8. The van der Waals surface area contributed by atoms with Crippen molar-refractivity contribution in [2.45, 2.75) is 18.6 Å². The van der Waals surface area contributed by atoms with Crippen molar-refractivity contribution in [3.05, 3.63) is 24.0 Å². The minimum Gasteiger partial charge on any atom is -0.505 e. The zero-order valence-corrected chi connectivity index (χ0v) is 10.8. The van der Waals surface area contributed by atoms with Crippen LogP contribution in [0.5, 0.6) is 5.75 Å². The average Bonchev–Trinajstić information content (AvgIpc) is 2.27. The van der Waals surface area contributed by atoms with Gasteiger partial charge in [-0.3, -0.25) is 9.78 Å². The zero-order chi connectivity index (χ0) is 12.5. The Balaban J connectivity index is 2.18. The Kier molecular flexibility index (Phi) is 3.28. The van der Waals surface area contributed by atoms with Crippen LogP contribution in [0.3, 0.4) is 0 Å². The zero-order valence-electron chi connectivity index (χ0n) is 10.0. The predicted molar refractivity (Wildman–Crippen MR) is 68.3 cm³/mol. The highest BCUT2D eigenvalue weighted by Gasteiger charge is 2.30. The van der Waals surface area contributed by atoms with E-state index in [0.717, 1.165) is 12.3 Å². The number of amides is 1. The van der Waals surface area contributed by atoms with Crippen LogP contribution in [-0.4, -0.2) is 44.5 Å². The Labute approximate surface area is 105 Å². The van der Waals surface area contributed by atoms with Crippen molar-refractivity contribution < 1.29 is 9.90 Å². The second-order valence-corrected chi connectivity index (χ2v) is 6.53. The molecule has 1 saturated heterocycles. The van der Waals surface area contributed by atoms with Crippen LogP contribution >= 0.6 is 11.8 Å². The van der Waals surface area contributed by atoms with Gasteiger partial charge in [0.15, 0.2) is 0 Å². The molecule has 2 heterocycles. The van der Waals surface area contributed by atoms with Crippen molar-refractivity contribution in [3.8, 4) is 5.75 Å². The van der Waals surface area contributed by atoms with E-state index in [0.29, 0.717) is 12.1 Å². The maximum Gasteiger partial charge on any atom is 0.257 e. The third-order valence-electron chi connectivity index (χ3n) is 2.74. The van der Waals surface area contributed by atoms with Crippen LogP contribution in [0, 0.1) is 0 Å². The second kappa shape index (κ2) is 4.56. The van der Waals surface area contributed by atoms with E-state index in [9.17, 15) is 9.90 Å². The van der Waals surface area contributed by atoms with Crippen LogP contribution in [0.4, 0.5) is 0 Å². The summed E-state index contributed by atoms with van der Waals surface area (Å²) in [6.07, 6.45) is 2.83. The van der Waals surface area contributed by atoms with Crippen LogP contribution in [-0.2, 0) is 0 Å². The van der Waals surface area contributed by atoms with Crippen LogP contribution in [0.15, 0.2) is 18.5 Å². The minimum absolute atomic E-state index is 0.0477. The number of carbonyl (C=O) groups is 1. The van der Waals surface area contributed by atoms with Crippen molar-refractivity contribution in [2.24, 2.45) is 0 Å². The van der Waals surface area contributed by atoms with Crippen molar-refractivity contribution >= 4 is 17.7 Å². The molecule has 0 radical (unpaired) electrons. The van der Waals surface area contributed by atoms with Crippen LogP contribution in [0.1, 0.15) is 24.2 Å². The quantitative estimate of drug-likeness (QED) is 0.827. The standard InChI is InChI=1S/C12H16N2O2S/c1-12(2)8-14(5-6-17-12)11(16)9-3-4-13-7-10(9)15/h3-4,7,15H,5-6,8H2,1-2H3. The lowest BCUT2D eigenvalue weighted by Gasteiger charge is -2.37. The SMILES string of the molecule is CC1(C)CN(C(=O)c2ccncc2O)CCS1.